The van der Waals surface area contributed by atoms with E-state index in [1.165, 1.54) is 6.20 Å². The average Bonchev–Trinajstić information content (AvgIpc) is 2.86. The fourth-order valence-electron chi connectivity index (χ4n) is 1.79. The first-order valence-electron chi connectivity index (χ1n) is 5.30. The van der Waals surface area contributed by atoms with Crippen LogP contribution in [0.5, 0.6) is 5.75 Å². The molecule has 0 saturated carbocycles. The van der Waals surface area contributed by atoms with Crippen molar-refractivity contribution in [1.29, 1.82) is 5.26 Å². The number of hydrogen-bond donors (Lipinski definition) is 2. The number of nitrogens with zero attached hydrogens (tertiary/aromatic N) is 3. The molecule has 3 rings (SSSR count). The fraction of sp³-hybridized carbons (Fsp3) is 0. The molecule has 5 nitrogen and oxygen atoms in total. The van der Waals surface area contributed by atoms with Gasteiger partial charge in [-0.15, -0.1) is 0 Å². The molecule has 0 aliphatic rings. The Bertz CT molecular complexity index is 770. The van der Waals surface area contributed by atoms with E-state index in [1.807, 2.05) is 24.3 Å². The minimum absolute atomic E-state index is 0.108. The predicted molar refractivity (Wildman–Crippen MR) is 65.7 cm³/mol. The van der Waals surface area contributed by atoms with Crippen LogP contribution in [0.3, 0.4) is 0 Å². The van der Waals surface area contributed by atoms with Crippen LogP contribution < -0.4 is 0 Å². The molecule has 0 aliphatic heterocycles. The van der Waals surface area contributed by atoms with Crippen molar-refractivity contribution in [2.24, 2.45) is 0 Å². The summed E-state index contributed by atoms with van der Waals surface area (Å²) in [6, 6.07) is 9.15. The lowest BCUT2D eigenvalue weighted by atomic mass is 10.1. The molecule has 5 heteroatoms. The first-order valence-corrected chi connectivity index (χ1v) is 5.30. The highest BCUT2D eigenvalue weighted by atomic mass is 16.3. The number of aromatic amines is 1. The van der Waals surface area contributed by atoms with Gasteiger partial charge in [-0.05, 0) is 18.2 Å². The fourth-order valence-corrected chi connectivity index (χ4v) is 1.79. The normalized spacial score (nSPS) is 10.4. The van der Waals surface area contributed by atoms with E-state index in [-0.39, 0.29) is 11.3 Å². The van der Waals surface area contributed by atoms with Crippen molar-refractivity contribution >= 4 is 11.0 Å². The molecule has 0 bridgehead atoms. The maximum atomic E-state index is 9.42. The van der Waals surface area contributed by atoms with Crippen LogP contribution in [0.2, 0.25) is 0 Å². The molecule has 0 atom stereocenters. The lowest BCUT2D eigenvalue weighted by Gasteiger charge is -2.02. The largest absolute Gasteiger partial charge is 0.505 e. The molecule has 2 heterocycles. The minimum Gasteiger partial charge on any atom is -0.505 e. The highest BCUT2D eigenvalue weighted by Crippen LogP contribution is 2.24. The molecule has 0 aliphatic carbocycles. The highest BCUT2D eigenvalue weighted by molar-refractivity contribution is 5.80. The van der Waals surface area contributed by atoms with Gasteiger partial charge in [-0.1, -0.05) is 6.07 Å². The summed E-state index contributed by atoms with van der Waals surface area (Å²) in [6.45, 7) is 0. The number of benzene rings is 1. The summed E-state index contributed by atoms with van der Waals surface area (Å²) in [7, 11) is 0. The Balaban J connectivity index is 2.16. The average molecular weight is 236 g/mol. The lowest BCUT2D eigenvalue weighted by Crippen LogP contribution is -1.86. The summed E-state index contributed by atoms with van der Waals surface area (Å²) >= 11 is 0. The number of aromatic hydroxyl groups is 1. The van der Waals surface area contributed by atoms with Crippen LogP contribution >= 0.6 is 0 Å². The number of aromatic nitrogens is 3. The molecule has 3 aromatic rings. The molecule has 0 unspecified atom stereocenters. The molecular formula is C13H8N4O. The zero-order chi connectivity index (χ0) is 12.5. The van der Waals surface area contributed by atoms with Crippen LogP contribution in [0.4, 0.5) is 0 Å². The third-order valence-corrected chi connectivity index (χ3v) is 2.72. The summed E-state index contributed by atoms with van der Waals surface area (Å²) in [5.74, 6) is -0.108. The van der Waals surface area contributed by atoms with Gasteiger partial charge in [-0.3, -0.25) is 4.98 Å². The van der Waals surface area contributed by atoms with E-state index in [0.29, 0.717) is 5.69 Å². The highest BCUT2D eigenvalue weighted by Gasteiger charge is 2.06. The molecule has 86 valence electrons. The van der Waals surface area contributed by atoms with Crippen LogP contribution in [0, 0.1) is 11.3 Å². The molecule has 0 saturated heterocycles. The van der Waals surface area contributed by atoms with Crippen LogP contribution in [0.25, 0.3) is 22.3 Å². The second-order valence-electron chi connectivity index (χ2n) is 3.83. The Kier molecular flexibility index (Phi) is 2.21. The molecule has 0 radical (unpaired) electrons. The Morgan fingerprint density at radius 3 is 2.94 bits per heavy atom. The van der Waals surface area contributed by atoms with Crippen LogP contribution in [-0.4, -0.2) is 20.1 Å². The summed E-state index contributed by atoms with van der Waals surface area (Å²) in [5.41, 5.74) is 3.49. The van der Waals surface area contributed by atoms with E-state index >= 15 is 0 Å². The van der Waals surface area contributed by atoms with Gasteiger partial charge in [0.25, 0.3) is 0 Å². The Labute approximate surface area is 102 Å². The molecule has 2 aromatic heterocycles. The van der Waals surface area contributed by atoms with Crippen molar-refractivity contribution in [3.8, 4) is 23.1 Å². The third-order valence-electron chi connectivity index (χ3n) is 2.72. The quantitative estimate of drug-likeness (QED) is 0.678. The molecule has 0 fully saturated rings. The first kappa shape index (κ1) is 10.3. The topological polar surface area (TPSA) is 85.6 Å². The lowest BCUT2D eigenvalue weighted by molar-refractivity contribution is 0.471. The summed E-state index contributed by atoms with van der Waals surface area (Å²) in [4.78, 5) is 11.3. The Morgan fingerprint density at radius 1 is 1.22 bits per heavy atom. The second kappa shape index (κ2) is 3.86. The number of hydrogen-bond acceptors (Lipinski definition) is 4. The second-order valence-corrected chi connectivity index (χ2v) is 3.83. The van der Waals surface area contributed by atoms with E-state index in [1.54, 1.807) is 12.4 Å². The zero-order valence-electron chi connectivity index (χ0n) is 9.25. The molecule has 18 heavy (non-hydrogen) atoms. The number of imidazole rings is 1. The van der Waals surface area contributed by atoms with Gasteiger partial charge < -0.3 is 10.1 Å². The van der Waals surface area contributed by atoms with E-state index in [2.05, 4.69) is 15.0 Å². The molecule has 0 spiro atoms. The Hall–Kier alpha value is -2.87. The van der Waals surface area contributed by atoms with Crippen LogP contribution in [-0.2, 0) is 0 Å². The van der Waals surface area contributed by atoms with Crippen molar-refractivity contribution in [3.63, 3.8) is 0 Å². The molecule has 0 amide bonds. The summed E-state index contributed by atoms with van der Waals surface area (Å²) in [5, 5.41) is 18.3. The number of H-pyrrole nitrogens is 1. The minimum atomic E-state index is -0.108. The summed E-state index contributed by atoms with van der Waals surface area (Å²) in [6.07, 6.45) is 2.91. The van der Waals surface area contributed by atoms with Crippen molar-refractivity contribution in [1.82, 2.24) is 15.0 Å². The number of rotatable bonds is 1. The van der Waals surface area contributed by atoms with Gasteiger partial charge in [0.05, 0.1) is 34.8 Å². The van der Waals surface area contributed by atoms with E-state index in [9.17, 15) is 5.11 Å². The van der Waals surface area contributed by atoms with Gasteiger partial charge in [-0.2, -0.15) is 5.26 Å². The zero-order valence-corrected chi connectivity index (χ0v) is 9.25. The van der Waals surface area contributed by atoms with E-state index in [0.717, 1.165) is 16.6 Å². The van der Waals surface area contributed by atoms with Gasteiger partial charge in [0.1, 0.15) is 6.07 Å². The van der Waals surface area contributed by atoms with Crippen molar-refractivity contribution in [2.75, 3.05) is 0 Å². The number of nitrogens with one attached hydrogen (secondary N) is 1. The standard InChI is InChI=1S/C13H8N4O/c14-5-9-4-11(15-6-13(9)18)8-1-2-10-12(3-8)17-7-16-10/h1-4,6-7,18H,(H,16,17). The number of nitriles is 1. The van der Waals surface area contributed by atoms with Crippen molar-refractivity contribution in [3.05, 3.63) is 42.4 Å². The SMILES string of the molecule is N#Cc1cc(-c2ccc3nc[nH]c3c2)ncc1O. The summed E-state index contributed by atoms with van der Waals surface area (Å²) < 4.78 is 0. The molecular weight excluding hydrogens is 228 g/mol. The van der Waals surface area contributed by atoms with Gasteiger partial charge >= 0.3 is 0 Å². The smallest absolute Gasteiger partial charge is 0.151 e. The Morgan fingerprint density at radius 2 is 2.11 bits per heavy atom. The monoisotopic (exact) mass is 236 g/mol. The van der Waals surface area contributed by atoms with E-state index in [4.69, 9.17) is 5.26 Å². The van der Waals surface area contributed by atoms with Crippen molar-refractivity contribution in [2.45, 2.75) is 0 Å². The predicted octanol–water partition coefficient (Wildman–Crippen LogP) is 2.20. The number of fused-ring (bicyclic) bond motifs is 1. The molecule has 2 N–H and O–H groups in total. The van der Waals surface area contributed by atoms with Gasteiger partial charge in [0, 0.05) is 5.56 Å². The van der Waals surface area contributed by atoms with Gasteiger partial charge in [-0.25, -0.2) is 4.98 Å². The maximum absolute atomic E-state index is 9.42. The number of pyridine rings is 1. The van der Waals surface area contributed by atoms with Gasteiger partial charge in [0.15, 0.2) is 5.75 Å². The first-order chi connectivity index (χ1) is 8.78. The molecule has 1 aromatic carbocycles. The van der Waals surface area contributed by atoms with Crippen molar-refractivity contribution < 1.29 is 5.11 Å². The maximum Gasteiger partial charge on any atom is 0.151 e. The third kappa shape index (κ3) is 1.57. The van der Waals surface area contributed by atoms with Gasteiger partial charge in [0.2, 0.25) is 0 Å². The van der Waals surface area contributed by atoms with Crippen LogP contribution in [0.15, 0.2) is 36.8 Å². The van der Waals surface area contributed by atoms with E-state index < -0.39 is 0 Å². The van der Waals surface area contributed by atoms with Crippen LogP contribution in [0.1, 0.15) is 5.56 Å².